The van der Waals surface area contributed by atoms with E-state index < -0.39 is 5.97 Å². The smallest absolute Gasteiger partial charge is 0.161 e. The lowest BCUT2D eigenvalue weighted by Crippen LogP contribution is -2.22. The highest BCUT2D eigenvalue weighted by Gasteiger charge is 2.05. The van der Waals surface area contributed by atoms with Crippen LogP contribution in [0.2, 0.25) is 0 Å². The standard InChI is InChI=1S/C20H22O5/c1-15(20(21)22)13-16-9-10-18(23-2)19(14-16)25-12-6-11-24-17-7-4-3-5-8-17/h3-5,7-10,13-14H,6,11-12H2,1-2H3,(H,21,22)/p-1/b15-13+. The van der Waals surface area contributed by atoms with E-state index in [2.05, 4.69) is 0 Å². The van der Waals surface area contributed by atoms with Gasteiger partial charge in [-0.25, -0.2) is 0 Å². The average Bonchev–Trinajstić information content (AvgIpc) is 2.62. The second-order valence-electron chi connectivity index (χ2n) is 5.39. The van der Waals surface area contributed by atoms with Crippen LogP contribution in [-0.2, 0) is 4.79 Å². The lowest BCUT2D eigenvalue weighted by Gasteiger charge is -2.12. The van der Waals surface area contributed by atoms with Crippen molar-refractivity contribution in [1.82, 2.24) is 0 Å². The first-order valence-electron chi connectivity index (χ1n) is 7.98. The van der Waals surface area contributed by atoms with E-state index in [0.717, 1.165) is 5.75 Å². The monoisotopic (exact) mass is 341 g/mol. The Hall–Kier alpha value is -2.95. The van der Waals surface area contributed by atoms with Gasteiger partial charge in [0.25, 0.3) is 0 Å². The normalized spacial score (nSPS) is 11.0. The maximum absolute atomic E-state index is 10.8. The zero-order valence-corrected chi connectivity index (χ0v) is 14.4. The van der Waals surface area contributed by atoms with Crippen LogP contribution in [0.5, 0.6) is 17.2 Å². The lowest BCUT2D eigenvalue weighted by molar-refractivity contribution is -0.299. The second-order valence-corrected chi connectivity index (χ2v) is 5.39. The largest absolute Gasteiger partial charge is 0.545 e. The van der Waals surface area contributed by atoms with Crippen LogP contribution in [0.4, 0.5) is 0 Å². The van der Waals surface area contributed by atoms with Crippen LogP contribution in [-0.4, -0.2) is 26.3 Å². The molecule has 0 aliphatic carbocycles. The number of para-hydroxylation sites is 1. The van der Waals surface area contributed by atoms with Crippen LogP contribution in [0.1, 0.15) is 18.9 Å². The fourth-order valence-electron chi connectivity index (χ4n) is 2.15. The fourth-order valence-corrected chi connectivity index (χ4v) is 2.15. The van der Waals surface area contributed by atoms with Gasteiger partial charge < -0.3 is 24.1 Å². The Bertz CT molecular complexity index is 722. The van der Waals surface area contributed by atoms with E-state index in [1.165, 1.54) is 13.0 Å². The van der Waals surface area contributed by atoms with Crippen LogP contribution in [0.25, 0.3) is 6.08 Å². The Morgan fingerprint density at radius 3 is 2.44 bits per heavy atom. The van der Waals surface area contributed by atoms with Crippen molar-refractivity contribution in [2.24, 2.45) is 0 Å². The lowest BCUT2D eigenvalue weighted by atomic mass is 10.1. The van der Waals surface area contributed by atoms with Crippen LogP contribution in [0.3, 0.4) is 0 Å². The highest BCUT2D eigenvalue weighted by Crippen LogP contribution is 2.29. The average molecular weight is 341 g/mol. The summed E-state index contributed by atoms with van der Waals surface area (Å²) in [5.41, 5.74) is 0.852. The minimum absolute atomic E-state index is 0.146. The SMILES string of the molecule is COc1ccc(/C=C(\C)C(=O)[O-])cc1OCCCOc1ccccc1. The van der Waals surface area contributed by atoms with Gasteiger partial charge in [0.2, 0.25) is 0 Å². The van der Waals surface area contributed by atoms with Gasteiger partial charge >= 0.3 is 0 Å². The Balaban J connectivity index is 1.91. The summed E-state index contributed by atoms with van der Waals surface area (Å²) in [4.78, 5) is 10.8. The van der Waals surface area contributed by atoms with Crippen molar-refractivity contribution in [3.63, 3.8) is 0 Å². The first kappa shape index (κ1) is 18.4. The van der Waals surface area contributed by atoms with Crippen molar-refractivity contribution in [2.75, 3.05) is 20.3 Å². The number of carboxylic acids is 1. The molecule has 0 fully saturated rings. The quantitative estimate of drug-likeness (QED) is 0.518. The first-order valence-corrected chi connectivity index (χ1v) is 7.98. The molecular formula is C20H21O5-. The summed E-state index contributed by atoms with van der Waals surface area (Å²) >= 11 is 0. The van der Waals surface area contributed by atoms with Gasteiger partial charge in [0.15, 0.2) is 11.5 Å². The van der Waals surface area contributed by atoms with Gasteiger partial charge in [0, 0.05) is 6.42 Å². The number of aliphatic carboxylic acids is 1. The summed E-state index contributed by atoms with van der Waals surface area (Å²) < 4.78 is 16.6. The van der Waals surface area contributed by atoms with Crippen molar-refractivity contribution in [3.05, 3.63) is 59.7 Å². The molecule has 0 aliphatic rings. The molecule has 0 aromatic heterocycles. The molecule has 0 radical (unpaired) electrons. The Morgan fingerprint density at radius 2 is 1.76 bits per heavy atom. The summed E-state index contributed by atoms with van der Waals surface area (Å²) in [5, 5.41) is 10.8. The van der Waals surface area contributed by atoms with E-state index in [-0.39, 0.29) is 5.57 Å². The molecule has 0 amide bonds. The van der Waals surface area contributed by atoms with Gasteiger partial charge in [-0.05, 0) is 42.3 Å². The van der Waals surface area contributed by atoms with E-state index in [0.29, 0.717) is 36.7 Å². The molecule has 2 aromatic carbocycles. The van der Waals surface area contributed by atoms with Crippen LogP contribution in [0, 0.1) is 0 Å². The molecule has 2 rings (SSSR count). The molecule has 2 aromatic rings. The molecule has 132 valence electrons. The number of carboxylic acid groups (broad SMARTS) is 1. The number of hydrogen-bond donors (Lipinski definition) is 0. The summed E-state index contributed by atoms with van der Waals surface area (Å²) in [7, 11) is 1.56. The highest BCUT2D eigenvalue weighted by molar-refractivity contribution is 5.89. The Labute approximate surface area is 147 Å². The number of methoxy groups -OCH3 is 1. The van der Waals surface area contributed by atoms with E-state index >= 15 is 0 Å². The van der Waals surface area contributed by atoms with Crippen molar-refractivity contribution in [3.8, 4) is 17.2 Å². The number of carbonyl (C=O) groups excluding carboxylic acids is 1. The zero-order chi connectivity index (χ0) is 18.1. The highest BCUT2D eigenvalue weighted by atomic mass is 16.5. The molecule has 0 N–H and O–H groups in total. The summed E-state index contributed by atoms with van der Waals surface area (Å²) in [6, 6.07) is 14.8. The molecule has 0 spiro atoms. The fraction of sp³-hybridized carbons (Fsp3) is 0.250. The van der Waals surface area contributed by atoms with Gasteiger partial charge in [0.1, 0.15) is 5.75 Å². The number of benzene rings is 2. The van der Waals surface area contributed by atoms with Gasteiger partial charge in [-0.1, -0.05) is 30.3 Å². The number of hydrogen-bond acceptors (Lipinski definition) is 5. The van der Waals surface area contributed by atoms with E-state index in [9.17, 15) is 9.90 Å². The van der Waals surface area contributed by atoms with E-state index in [1.807, 2.05) is 30.3 Å². The van der Waals surface area contributed by atoms with Gasteiger partial charge in [-0.2, -0.15) is 0 Å². The van der Waals surface area contributed by atoms with Gasteiger partial charge in [0.05, 0.1) is 26.3 Å². The third kappa shape index (κ3) is 5.88. The molecule has 0 saturated heterocycles. The van der Waals surface area contributed by atoms with Crippen molar-refractivity contribution in [2.45, 2.75) is 13.3 Å². The third-order valence-electron chi connectivity index (χ3n) is 3.45. The molecule has 0 heterocycles. The number of carbonyl (C=O) groups is 1. The van der Waals surface area contributed by atoms with Crippen molar-refractivity contribution >= 4 is 12.0 Å². The van der Waals surface area contributed by atoms with Gasteiger partial charge in [-0.15, -0.1) is 0 Å². The molecule has 0 aliphatic heterocycles. The van der Waals surface area contributed by atoms with Crippen LogP contribution < -0.4 is 19.3 Å². The molecule has 0 atom stereocenters. The van der Waals surface area contributed by atoms with Crippen LogP contribution >= 0.6 is 0 Å². The van der Waals surface area contributed by atoms with Crippen LogP contribution in [0.15, 0.2) is 54.1 Å². The molecule has 0 unspecified atom stereocenters. The molecule has 5 nitrogen and oxygen atoms in total. The molecule has 5 heteroatoms. The van der Waals surface area contributed by atoms with E-state index in [4.69, 9.17) is 14.2 Å². The summed E-state index contributed by atoms with van der Waals surface area (Å²) in [6.45, 7) is 2.48. The van der Waals surface area contributed by atoms with Crippen molar-refractivity contribution in [1.29, 1.82) is 0 Å². The second kappa shape index (κ2) is 9.37. The minimum atomic E-state index is -1.20. The molecule has 0 saturated carbocycles. The third-order valence-corrected chi connectivity index (χ3v) is 3.45. The number of ether oxygens (including phenoxy) is 3. The minimum Gasteiger partial charge on any atom is -0.545 e. The molecule has 0 bridgehead atoms. The van der Waals surface area contributed by atoms with E-state index in [1.54, 1.807) is 25.3 Å². The van der Waals surface area contributed by atoms with Gasteiger partial charge in [-0.3, -0.25) is 0 Å². The first-order chi connectivity index (χ1) is 12.1. The zero-order valence-electron chi connectivity index (χ0n) is 14.4. The topological polar surface area (TPSA) is 67.8 Å². The Kier molecular flexibility index (Phi) is 6.89. The summed E-state index contributed by atoms with van der Waals surface area (Å²) in [6.07, 6.45) is 2.23. The predicted octanol–water partition coefficient (Wildman–Crippen LogP) is 2.70. The predicted molar refractivity (Wildman–Crippen MR) is 93.7 cm³/mol. The maximum atomic E-state index is 10.8. The molecule has 25 heavy (non-hydrogen) atoms. The number of rotatable bonds is 9. The molecular weight excluding hydrogens is 320 g/mol. The Morgan fingerprint density at radius 1 is 1.04 bits per heavy atom. The van der Waals surface area contributed by atoms with Crippen molar-refractivity contribution < 1.29 is 24.1 Å². The maximum Gasteiger partial charge on any atom is 0.161 e. The summed E-state index contributed by atoms with van der Waals surface area (Å²) in [5.74, 6) is 0.774.